The molecule has 1 atom stereocenters. The lowest BCUT2D eigenvalue weighted by Crippen LogP contribution is -2.28. The number of carbonyl (C=O) groups excluding carboxylic acids is 2. The molecule has 0 aromatic carbocycles. The van der Waals surface area contributed by atoms with E-state index in [2.05, 4.69) is 9.97 Å². The van der Waals surface area contributed by atoms with Crippen molar-refractivity contribution in [3.63, 3.8) is 0 Å². The number of amides is 2. The summed E-state index contributed by atoms with van der Waals surface area (Å²) in [6.07, 6.45) is 4.08. The molecule has 1 saturated heterocycles. The third kappa shape index (κ3) is 4.03. The van der Waals surface area contributed by atoms with Gasteiger partial charge in [0.25, 0.3) is 11.8 Å². The summed E-state index contributed by atoms with van der Waals surface area (Å²) in [4.78, 5) is 37.3. The minimum atomic E-state index is -2.91. The maximum atomic E-state index is 13.5. The van der Waals surface area contributed by atoms with E-state index in [-0.39, 0.29) is 30.2 Å². The number of nitrogens with zero attached hydrogens (tertiary/aromatic N) is 4. The summed E-state index contributed by atoms with van der Waals surface area (Å²) in [5.41, 5.74) is 2.69. The molecule has 0 saturated carbocycles. The second-order valence-electron chi connectivity index (χ2n) is 8.31. The zero-order chi connectivity index (χ0) is 23.0. The Kier molecular flexibility index (Phi) is 5.83. The number of hydrogen-bond acceptors (Lipinski definition) is 5. The number of carbonyl (C=O) groups is 2. The number of ether oxygens (including phenoxy) is 1. The maximum Gasteiger partial charge on any atom is 0.281 e. The number of halogens is 2. The molecule has 2 aliphatic rings. The summed E-state index contributed by atoms with van der Waals surface area (Å²) in [6, 6.07) is 3.17. The lowest BCUT2D eigenvalue weighted by molar-refractivity contribution is -0.117. The summed E-state index contributed by atoms with van der Waals surface area (Å²) in [5, 5.41) is 0. The lowest BCUT2D eigenvalue weighted by atomic mass is 10.1. The van der Waals surface area contributed by atoms with Crippen LogP contribution in [0.3, 0.4) is 0 Å². The van der Waals surface area contributed by atoms with Crippen molar-refractivity contribution < 1.29 is 23.1 Å². The normalized spacial score (nSPS) is 17.2. The van der Waals surface area contributed by atoms with Gasteiger partial charge in [0.2, 0.25) is 11.8 Å². The Morgan fingerprint density at radius 1 is 1.28 bits per heavy atom. The number of aryl methyl sites for hydroxylation is 1. The topological polar surface area (TPSA) is 75.6 Å². The van der Waals surface area contributed by atoms with Gasteiger partial charge in [-0.25, -0.2) is 18.7 Å². The Morgan fingerprint density at radius 3 is 2.72 bits per heavy atom. The van der Waals surface area contributed by atoms with E-state index < -0.39 is 12.5 Å². The van der Waals surface area contributed by atoms with Crippen molar-refractivity contribution in [3.05, 3.63) is 46.8 Å². The summed E-state index contributed by atoms with van der Waals surface area (Å²) >= 11 is 0. The highest BCUT2D eigenvalue weighted by Gasteiger charge is 2.36. The first kappa shape index (κ1) is 22.1. The molecular weight excluding hydrogens is 418 g/mol. The number of alkyl halides is 2. The van der Waals surface area contributed by atoms with Crippen molar-refractivity contribution in [1.82, 2.24) is 14.9 Å². The van der Waals surface area contributed by atoms with Gasteiger partial charge in [-0.15, -0.1) is 0 Å². The Hall–Kier alpha value is -3.10. The van der Waals surface area contributed by atoms with Crippen molar-refractivity contribution in [2.75, 3.05) is 18.1 Å². The standard InChI is InChI=1S/C23H26F2N4O3/c1-4-23(24,25)13-32-21-14(2)10-16(11-27-21)15(3)29-12-18-17(22(29)31)7-8-26-20(18)28-9-5-6-19(28)30/h7-8,10-11,15H,4-6,9,12-13H2,1-3H3. The lowest BCUT2D eigenvalue weighted by Gasteiger charge is -2.25. The predicted octanol–water partition coefficient (Wildman–Crippen LogP) is 4.05. The van der Waals surface area contributed by atoms with Gasteiger partial charge in [-0.1, -0.05) is 6.92 Å². The molecule has 0 aliphatic carbocycles. The van der Waals surface area contributed by atoms with Crippen molar-refractivity contribution in [1.29, 1.82) is 0 Å². The van der Waals surface area contributed by atoms with Crippen LogP contribution in [0.4, 0.5) is 14.6 Å². The Morgan fingerprint density at radius 2 is 2.06 bits per heavy atom. The van der Waals surface area contributed by atoms with E-state index in [0.717, 1.165) is 17.5 Å². The second-order valence-corrected chi connectivity index (χ2v) is 8.31. The Balaban J connectivity index is 1.54. The van der Waals surface area contributed by atoms with Crippen molar-refractivity contribution >= 4 is 17.6 Å². The monoisotopic (exact) mass is 444 g/mol. The Bertz CT molecular complexity index is 1060. The molecule has 2 aromatic rings. The molecular formula is C23H26F2N4O3. The fraction of sp³-hybridized carbons (Fsp3) is 0.478. The molecule has 32 heavy (non-hydrogen) atoms. The van der Waals surface area contributed by atoms with Gasteiger partial charge < -0.3 is 9.64 Å². The van der Waals surface area contributed by atoms with Gasteiger partial charge in [0.15, 0.2) is 6.61 Å². The fourth-order valence-corrected chi connectivity index (χ4v) is 4.07. The molecule has 0 N–H and O–H groups in total. The number of rotatable bonds is 7. The molecule has 2 aromatic heterocycles. The molecule has 9 heteroatoms. The first-order valence-electron chi connectivity index (χ1n) is 10.8. The first-order chi connectivity index (χ1) is 15.2. The average molecular weight is 444 g/mol. The third-order valence-corrected chi connectivity index (χ3v) is 6.12. The number of anilines is 1. The van der Waals surface area contributed by atoms with Crippen LogP contribution in [-0.4, -0.2) is 45.8 Å². The van der Waals surface area contributed by atoms with Gasteiger partial charge in [0.1, 0.15) is 5.82 Å². The van der Waals surface area contributed by atoms with Crippen LogP contribution in [0.1, 0.15) is 66.2 Å². The van der Waals surface area contributed by atoms with Gasteiger partial charge in [0, 0.05) is 48.5 Å². The van der Waals surface area contributed by atoms with E-state index in [1.54, 1.807) is 41.2 Å². The minimum absolute atomic E-state index is 0.0221. The molecule has 1 fully saturated rings. The number of fused-ring (bicyclic) bond motifs is 1. The second kappa shape index (κ2) is 8.44. The van der Waals surface area contributed by atoms with Crippen LogP contribution in [0.15, 0.2) is 24.5 Å². The van der Waals surface area contributed by atoms with Gasteiger partial charge >= 0.3 is 0 Å². The van der Waals surface area contributed by atoms with Crippen LogP contribution in [0.2, 0.25) is 0 Å². The van der Waals surface area contributed by atoms with Gasteiger partial charge in [0.05, 0.1) is 12.6 Å². The SMILES string of the molecule is CCC(F)(F)COc1ncc(C(C)N2Cc3c(ccnc3N3CCCC3=O)C2=O)cc1C. The molecule has 1 unspecified atom stereocenters. The molecule has 7 nitrogen and oxygen atoms in total. The molecule has 0 spiro atoms. The quantitative estimate of drug-likeness (QED) is 0.644. The van der Waals surface area contributed by atoms with E-state index in [0.29, 0.717) is 36.5 Å². The van der Waals surface area contributed by atoms with E-state index in [4.69, 9.17) is 4.74 Å². The van der Waals surface area contributed by atoms with Crippen LogP contribution < -0.4 is 9.64 Å². The number of pyridine rings is 2. The van der Waals surface area contributed by atoms with E-state index >= 15 is 0 Å². The average Bonchev–Trinajstić information content (AvgIpc) is 3.35. The fourth-order valence-electron chi connectivity index (χ4n) is 4.07. The smallest absolute Gasteiger partial charge is 0.281 e. The summed E-state index contributed by atoms with van der Waals surface area (Å²) < 4.78 is 32.2. The highest BCUT2D eigenvalue weighted by atomic mass is 19.3. The first-order valence-corrected chi connectivity index (χ1v) is 10.8. The molecule has 4 rings (SSSR count). The zero-order valence-corrected chi connectivity index (χ0v) is 18.4. The van der Waals surface area contributed by atoms with Crippen LogP contribution in [0, 0.1) is 6.92 Å². The molecule has 0 radical (unpaired) electrons. The van der Waals surface area contributed by atoms with Gasteiger partial charge in [-0.2, -0.15) is 0 Å². The van der Waals surface area contributed by atoms with Gasteiger partial charge in [-0.05, 0) is 38.0 Å². The third-order valence-electron chi connectivity index (χ3n) is 6.12. The van der Waals surface area contributed by atoms with E-state index in [1.807, 2.05) is 6.92 Å². The highest BCUT2D eigenvalue weighted by molar-refractivity contribution is 6.02. The summed E-state index contributed by atoms with van der Waals surface area (Å²) in [7, 11) is 0. The maximum absolute atomic E-state index is 13.5. The molecule has 0 bridgehead atoms. The van der Waals surface area contributed by atoms with Gasteiger partial charge in [-0.3, -0.25) is 14.5 Å². The van der Waals surface area contributed by atoms with Crippen LogP contribution in [0.5, 0.6) is 5.88 Å². The van der Waals surface area contributed by atoms with Crippen molar-refractivity contribution in [3.8, 4) is 5.88 Å². The van der Waals surface area contributed by atoms with E-state index in [1.165, 1.54) is 6.92 Å². The molecule has 2 amide bonds. The van der Waals surface area contributed by atoms with Crippen molar-refractivity contribution in [2.45, 2.75) is 58.5 Å². The number of hydrogen-bond donors (Lipinski definition) is 0. The molecule has 4 heterocycles. The largest absolute Gasteiger partial charge is 0.471 e. The van der Waals surface area contributed by atoms with Crippen molar-refractivity contribution in [2.24, 2.45) is 0 Å². The predicted molar refractivity (Wildman–Crippen MR) is 114 cm³/mol. The molecule has 170 valence electrons. The van der Waals surface area contributed by atoms with Crippen LogP contribution in [-0.2, 0) is 11.3 Å². The van der Waals surface area contributed by atoms with E-state index in [9.17, 15) is 18.4 Å². The minimum Gasteiger partial charge on any atom is -0.471 e. The highest BCUT2D eigenvalue weighted by Crippen LogP contribution is 2.36. The molecule has 2 aliphatic heterocycles. The Labute approximate surface area is 185 Å². The zero-order valence-electron chi connectivity index (χ0n) is 18.4. The number of aromatic nitrogens is 2. The van der Waals surface area contributed by atoms with Crippen LogP contribution in [0.25, 0.3) is 0 Å². The summed E-state index contributed by atoms with van der Waals surface area (Å²) in [5.74, 6) is -2.31. The van der Waals surface area contributed by atoms with Crippen LogP contribution >= 0.6 is 0 Å². The summed E-state index contributed by atoms with van der Waals surface area (Å²) in [6.45, 7) is 5.25.